The largest absolute Gasteiger partial charge is 0.494 e. The van der Waals surface area contributed by atoms with E-state index in [0.29, 0.717) is 29.1 Å². The van der Waals surface area contributed by atoms with E-state index >= 15 is 0 Å². The number of fused-ring (bicyclic) bond motifs is 1. The van der Waals surface area contributed by atoms with E-state index in [0.717, 1.165) is 37.2 Å². The zero-order valence-corrected chi connectivity index (χ0v) is 20.6. The second-order valence-corrected chi connectivity index (χ2v) is 8.92. The third kappa shape index (κ3) is 4.84. The van der Waals surface area contributed by atoms with Gasteiger partial charge in [-0.15, -0.1) is 0 Å². The highest BCUT2D eigenvalue weighted by Crippen LogP contribution is 2.31. The average Bonchev–Trinajstić information content (AvgIpc) is 3.35. The molecule has 192 valence electrons. The van der Waals surface area contributed by atoms with Crippen molar-refractivity contribution < 1.29 is 18.3 Å². The molecule has 5 rings (SSSR count). The minimum absolute atomic E-state index is 0.0553. The third-order valence-electron chi connectivity index (χ3n) is 6.60. The highest BCUT2D eigenvalue weighted by atomic mass is 19.2. The lowest BCUT2D eigenvalue weighted by Crippen LogP contribution is -2.45. The number of benzene rings is 2. The number of carbonyl (C=O) groups excluding carboxylic acids is 1. The number of hydrogen-bond acceptors (Lipinski definition) is 6. The number of ether oxygens (including phenoxy) is 1. The SMILES string of the molecule is CCc1cc(Nc2nccn3c(-c4ccc(OC)c(F)c4F)cnc23)ccc1C(=O)NC1CCCNC1. The topological polar surface area (TPSA) is 92.6 Å². The van der Waals surface area contributed by atoms with E-state index < -0.39 is 11.6 Å². The normalized spacial score (nSPS) is 15.5. The molecule has 0 saturated carbocycles. The Balaban J connectivity index is 1.42. The fraction of sp³-hybridized carbons (Fsp3) is 0.296. The van der Waals surface area contributed by atoms with Crippen LogP contribution < -0.4 is 20.7 Å². The molecule has 2 aromatic carbocycles. The van der Waals surface area contributed by atoms with Crippen LogP contribution in [-0.4, -0.2) is 46.5 Å². The summed E-state index contributed by atoms with van der Waals surface area (Å²) in [5.74, 6) is -1.88. The molecule has 8 nitrogen and oxygen atoms in total. The molecule has 0 radical (unpaired) electrons. The van der Waals surface area contributed by atoms with Gasteiger partial charge < -0.3 is 20.7 Å². The first-order valence-corrected chi connectivity index (χ1v) is 12.3. The Morgan fingerprint density at radius 3 is 2.84 bits per heavy atom. The van der Waals surface area contributed by atoms with E-state index in [1.54, 1.807) is 22.9 Å². The Hall–Kier alpha value is -4.05. The maximum atomic E-state index is 14.8. The minimum atomic E-state index is -1.06. The fourth-order valence-electron chi connectivity index (χ4n) is 4.65. The average molecular weight is 507 g/mol. The third-order valence-corrected chi connectivity index (χ3v) is 6.60. The molecular weight excluding hydrogens is 478 g/mol. The lowest BCUT2D eigenvalue weighted by molar-refractivity contribution is 0.0930. The summed E-state index contributed by atoms with van der Waals surface area (Å²) in [7, 11) is 1.28. The van der Waals surface area contributed by atoms with Crippen molar-refractivity contribution in [2.24, 2.45) is 0 Å². The van der Waals surface area contributed by atoms with Crippen LogP contribution in [0, 0.1) is 11.6 Å². The van der Waals surface area contributed by atoms with Crippen molar-refractivity contribution in [2.45, 2.75) is 32.2 Å². The molecule has 1 aliphatic rings. The van der Waals surface area contributed by atoms with Gasteiger partial charge in [-0.05, 0) is 61.7 Å². The molecule has 0 aliphatic carbocycles. The van der Waals surface area contributed by atoms with E-state index in [4.69, 9.17) is 4.74 Å². The summed E-state index contributed by atoms with van der Waals surface area (Å²) in [6.45, 7) is 3.76. The molecule has 0 bridgehead atoms. The van der Waals surface area contributed by atoms with Crippen molar-refractivity contribution in [1.29, 1.82) is 0 Å². The number of halogens is 2. The number of nitrogens with one attached hydrogen (secondary N) is 3. The molecule has 10 heteroatoms. The molecule has 1 amide bonds. The molecule has 1 fully saturated rings. The molecule has 0 spiro atoms. The van der Waals surface area contributed by atoms with Gasteiger partial charge in [0.2, 0.25) is 5.82 Å². The molecule has 1 atom stereocenters. The highest BCUT2D eigenvalue weighted by molar-refractivity contribution is 5.96. The van der Waals surface area contributed by atoms with Crippen molar-refractivity contribution >= 4 is 23.1 Å². The minimum Gasteiger partial charge on any atom is -0.494 e. The van der Waals surface area contributed by atoms with Crippen molar-refractivity contribution in [3.05, 3.63) is 71.7 Å². The second kappa shape index (κ2) is 10.5. The number of aryl methyl sites for hydroxylation is 1. The van der Waals surface area contributed by atoms with Crippen LogP contribution in [0.3, 0.4) is 0 Å². The van der Waals surface area contributed by atoms with Crippen LogP contribution in [-0.2, 0) is 6.42 Å². The molecule has 2 aromatic heterocycles. The zero-order valence-electron chi connectivity index (χ0n) is 20.6. The molecule has 4 aromatic rings. The van der Waals surface area contributed by atoms with Crippen LogP contribution in [0.1, 0.15) is 35.7 Å². The van der Waals surface area contributed by atoms with Gasteiger partial charge in [0.05, 0.1) is 19.0 Å². The summed E-state index contributed by atoms with van der Waals surface area (Å²) in [5, 5.41) is 9.69. The number of carbonyl (C=O) groups is 1. The number of hydrogen-bond donors (Lipinski definition) is 3. The molecule has 3 heterocycles. The first-order chi connectivity index (χ1) is 18.0. The fourth-order valence-corrected chi connectivity index (χ4v) is 4.65. The van der Waals surface area contributed by atoms with Crippen LogP contribution in [0.5, 0.6) is 5.75 Å². The second-order valence-electron chi connectivity index (χ2n) is 8.92. The quantitative estimate of drug-likeness (QED) is 0.343. The number of imidazole rings is 1. The summed E-state index contributed by atoms with van der Waals surface area (Å²) in [4.78, 5) is 21.7. The zero-order chi connectivity index (χ0) is 25.9. The maximum absolute atomic E-state index is 14.8. The molecule has 3 N–H and O–H groups in total. The van der Waals surface area contributed by atoms with Crippen molar-refractivity contribution in [3.8, 4) is 17.0 Å². The van der Waals surface area contributed by atoms with E-state index in [9.17, 15) is 13.6 Å². The van der Waals surface area contributed by atoms with Crippen LogP contribution in [0.4, 0.5) is 20.3 Å². The van der Waals surface area contributed by atoms with E-state index in [2.05, 4.69) is 25.9 Å². The first-order valence-electron chi connectivity index (χ1n) is 12.3. The highest BCUT2D eigenvalue weighted by Gasteiger charge is 2.20. The number of aromatic nitrogens is 3. The summed E-state index contributed by atoms with van der Waals surface area (Å²) in [6.07, 6.45) is 7.35. The lowest BCUT2D eigenvalue weighted by Gasteiger charge is -2.24. The Morgan fingerprint density at radius 1 is 1.22 bits per heavy atom. The van der Waals surface area contributed by atoms with Gasteiger partial charge >= 0.3 is 0 Å². The number of anilines is 2. The Bertz CT molecular complexity index is 1450. The summed E-state index contributed by atoms with van der Waals surface area (Å²) < 4.78 is 35.6. The number of piperidine rings is 1. The van der Waals surface area contributed by atoms with Crippen molar-refractivity contribution in [1.82, 2.24) is 25.0 Å². The van der Waals surface area contributed by atoms with Crippen LogP contribution in [0.2, 0.25) is 0 Å². The van der Waals surface area contributed by atoms with Crippen LogP contribution >= 0.6 is 0 Å². The van der Waals surface area contributed by atoms with Gasteiger partial charge in [0.1, 0.15) is 0 Å². The first kappa shape index (κ1) is 24.6. The lowest BCUT2D eigenvalue weighted by atomic mass is 10.0. The summed E-state index contributed by atoms with van der Waals surface area (Å²) in [5.41, 5.74) is 3.15. The molecule has 37 heavy (non-hydrogen) atoms. The van der Waals surface area contributed by atoms with Crippen LogP contribution in [0.15, 0.2) is 48.9 Å². The Morgan fingerprint density at radius 2 is 2.08 bits per heavy atom. The van der Waals surface area contributed by atoms with E-state index in [1.807, 2.05) is 19.1 Å². The standard InChI is InChI=1S/C27H28F2N6O2/c1-3-16-13-17(6-7-19(16)27(36)34-18-5-4-10-30-14-18)33-25-26-32-15-21(35(26)12-11-31-25)20-8-9-22(37-2)24(29)23(20)28/h6-9,11-13,15,18,30H,3-5,10,14H2,1-2H3,(H,31,33)(H,34,36). The number of amides is 1. The molecule has 1 saturated heterocycles. The monoisotopic (exact) mass is 506 g/mol. The molecular formula is C27H28F2N6O2. The van der Waals surface area contributed by atoms with Gasteiger partial charge in [0, 0.05) is 41.8 Å². The van der Waals surface area contributed by atoms with Gasteiger partial charge in [-0.25, -0.2) is 14.4 Å². The van der Waals surface area contributed by atoms with E-state index in [1.165, 1.54) is 25.4 Å². The maximum Gasteiger partial charge on any atom is 0.251 e. The Kier molecular flexibility index (Phi) is 7.00. The van der Waals surface area contributed by atoms with Crippen molar-refractivity contribution in [3.63, 3.8) is 0 Å². The van der Waals surface area contributed by atoms with Gasteiger partial charge in [-0.1, -0.05) is 6.92 Å². The number of methoxy groups -OCH3 is 1. The molecule has 1 aliphatic heterocycles. The molecule has 1 unspecified atom stereocenters. The smallest absolute Gasteiger partial charge is 0.251 e. The number of rotatable bonds is 7. The summed E-state index contributed by atoms with van der Waals surface area (Å²) >= 11 is 0. The van der Waals surface area contributed by atoms with Gasteiger partial charge in [0.15, 0.2) is 23.0 Å². The van der Waals surface area contributed by atoms with Gasteiger partial charge in [-0.3, -0.25) is 9.20 Å². The van der Waals surface area contributed by atoms with Crippen LogP contribution in [0.25, 0.3) is 16.9 Å². The van der Waals surface area contributed by atoms with Gasteiger partial charge in [0.25, 0.3) is 5.91 Å². The Labute approximate surface area is 213 Å². The van der Waals surface area contributed by atoms with Crippen molar-refractivity contribution in [2.75, 3.05) is 25.5 Å². The summed E-state index contributed by atoms with van der Waals surface area (Å²) in [6, 6.07) is 8.50. The predicted octanol–water partition coefficient (Wildman–Crippen LogP) is 4.47. The predicted molar refractivity (Wildman–Crippen MR) is 137 cm³/mol. The van der Waals surface area contributed by atoms with Gasteiger partial charge in [-0.2, -0.15) is 4.39 Å². The number of nitrogens with zero attached hydrogens (tertiary/aromatic N) is 3. The van der Waals surface area contributed by atoms with E-state index in [-0.39, 0.29) is 23.3 Å².